The number of hydrogen-bond acceptors (Lipinski definition) is 8. The zero-order valence-corrected chi connectivity index (χ0v) is 15.0. The lowest BCUT2D eigenvalue weighted by Gasteiger charge is -2.27. The Morgan fingerprint density at radius 1 is 1.35 bits per heavy atom. The van der Waals surface area contributed by atoms with Crippen LogP contribution < -0.4 is 14.9 Å². The Morgan fingerprint density at radius 2 is 2.04 bits per heavy atom. The molecule has 0 saturated carbocycles. The predicted molar refractivity (Wildman–Crippen MR) is 95.6 cm³/mol. The normalized spacial score (nSPS) is 16.6. The lowest BCUT2D eigenvalue weighted by atomic mass is 10.1. The van der Waals surface area contributed by atoms with Crippen molar-refractivity contribution in [2.24, 2.45) is 0 Å². The van der Waals surface area contributed by atoms with Crippen LogP contribution in [0, 0.1) is 0 Å². The number of para-hydroxylation sites is 1. The number of carboxylic acids is 2. The molecule has 1 heterocycles. The van der Waals surface area contributed by atoms with E-state index in [0.717, 1.165) is 16.7 Å². The van der Waals surface area contributed by atoms with Crippen LogP contribution in [0.15, 0.2) is 41.8 Å². The molecule has 0 spiro atoms. The fourth-order valence-corrected chi connectivity index (χ4v) is 3.56. The quantitative estimate of drug-likeness (QED) is 0.338. The molecule has 26 heavy (non-hydrogen) atoms. The second kappa shape index (κ2) is 8.63. The summed E-state index contributed by atoms with van der Waals surface area (Å²) >= 11 is 5.91. The smallest absolute Gasteiger partial charge is 0.266 e. The number of carbonyl (C=O) groups is 3. The molecule has 1 aliphatic heterocycles. The highest BCUT2D eigenvalue weighted by molar-refractivity contribution is 8.26. The Balaban J connectivity index is 2.33. The molecule has 136 valence electrons. The van der Waals surface area contributed by atoms with Gasteiger partial charge in [0.05, 0.1) is 16.9 Å². The summed E-state index contributed by atoms with van der Waals surface area (Å²) in [5, 5.41) is 22.0. The largest absolute Gasteiger partial charge is 0.550 e. The first-order valence-corrected chi connectivity index (χ1v) is 8.58. The maximum Gasteiger partial charge on any atom is 0.266 e. The van der Waals surface area contributed by atoms with Crippen molar-refractivity contribution in [2.75, 3.05) is 6.61 Å². The number of hydrogen-bond donors (Lipinski definition) is 0. The monoisotopic (exact) mass is 391 g/mol. The zero-order valence-electron chi connectivity index (χ0n) is 13.4. The van der Waals surface area contributed by atoms with E-state index in [2.05, 4.69) is 6.58 Å². The molecule has 0 unspecified atom stereocenters. The van der Waals surface area contributed by atoms with E-state index in [-0.39, 0.29) is 15.8 Å². The highest BCUT2D eigenvalue weighted by Gasteiger charge is 2.37. The second-order valence-electron chi connectivity index (χ2n) is 5.10. The minimum atomic E-state index is -1.73. The summed E-state index contributed by atoms with van der Waals surface area (Å²) in [6.45, 7) is 3.83. The topological polar surface area (TPSA) is 110 Å². The Morgan fingerprint density at radius 3 is 2.65 bits per heavy atom. The van der Waals surface area contributed by atoms with Crippen LogP contribution in [-0.2, 0) is 14.4 Å². The van der Waals surface area contributed by atoms with Crippen LogP contribution in [0.1, 0.15) is 12.0 Å². The Bertz CT molecular complexity index is 804. The third kappa shape index (κ3) is 4.50. The minimum absolute atomic E-state index is 0.0683. The van der Waals surface area contributed by atoms with Crippen LogP contribution in [0.25, 0.3) is 6.08 Å². The number of nitrogens with zero attached hydrogens (tertiary/aromatic N) is 1. The van der Waals surface area contributed by atoms with Crippen LogP contribution in [0.5, 0.6) is 5.75 Å². The third-order valence-electron chi connectivity index (χ3n) is 3.33. The van der Waals surface area contributed by atoms with Crippen LogP contribution in [0.4, 0.5) is 0 Å². The number of aliphatic carboxylic acids is 2. The van der Waals surface area contributed by atoms with Gasteiger partial charge in [-0.15, -0.1) is 0 Å². The molecular formula is C17H13NO6S2-2. The van der Waals surface area contributed by atoms with Gasteiger partial charge in [0.15, 0.2) is 0 Å². The number of amides is 1. The average molecular weight is 391 g/mol. The van der Waals surface area contributed by atoms with E-state index < -0.39 is 30.3 Å². The molecule has 0 radical (unpaired) electrons. The van der Waals surface area contributed by atoms with Gasteiger partial charge in [-0.1, -0.05) is 54.8 Å². The molecule has 1 amide bonds. The summed E-state index contributed by atoms with van der Waals surface area (Å²) in [5.41, 5.74) is 0.583. The van der Waals surface area contributed by atoms with Crippen LogP contribution in [0.3, 0.4) is 0 Å². The summed E-state index contributed by atoms with van der Waals surface area (Å²) in [6.07, 6.45) is 2.16. The number of carbonyl (C=O) groups excluding carboxylic acids is 3. The van der Waals surface area contributed by atoms with Crippen molar-refractivity contribution < 1.29 is 29.3 Å². The molecule has 0 aromatic heterocycles. The number of ether oxygens (including phenoxy) is 1. The molecule has 0 N–H and O–H groups in total. The molecule has 1 atom stereocenters. The fourth-order valence-electron chi connectivity index (χ4n) is 2.21. The molecule has 0 aliphatic carbocycles. The highest BCUT2D eigenvalue weighted by Crippen LogP contribution is 2.35. The van der Waals surface area contributed by atoms with Gasteiger partial charge in [0.2, 0.25) is 0 Å². The van der Waals surface area contributed by atoms with E-state index in [9.17, 15) is 24.6 Å². The SMILES string of the molecule is C=CCOc1ccccc1/C=C1\SC(=S)N([C@H](CC(=O)[O-])C(=O)[O-])C1=O. The summed E-state index contributed by atoms with van der Waals surface area (Å²) in [7, 11) is 0. The predicted octanol–water partition coefficient (Wildman–Crippen LogP) is -0.289. The lowest BCUT2D eigenvalue weighted by molar-refractivity contribution is -0.319. The van der Waals surface area contributed by atoms with Crippen LogP contribution >= 0.6 is 24.0 Å². The summed E-state index contributed by atoms with van der Waals surface area (Å²) in [5.74, 6) is -3.56. The molecule has 1 saturated heterocycles. The number of carboxylic acid groups (broad SMARTS) is 2. The molecule has 1 aliphatic rings. The zero-order chi connectivity index (χ0) is 19.3. The minimum Gasteiger partial charge on any atom is -0.550 e. The van der Waals surface area contributed by atoms with E-state index in [1.54, 1.807) is 30.3 Å². The summed E-state index contributed by atoms with van der Waals surface area (Å²) < 4.78 is 5.44. The van der Waals surface area contributed by atoms with Gasteiger partial charge in [0.1, 0.15) is 16.7 Å². The number of benzene rings is 1. The lowest BCUT2D eigenvalue weighted by Crippen LogP contribution is -2.52. The number of thioether (sulfide) groups is 1. The molecule has 2 rings (SSSR count). The summed E-state index contributed by atoms with van der Waals surface area (Å²) in [4.78, 5) is 35.4. The van der Waals surface area contributed by atoms with Crippen molar-refractivity contribution in [1.82, 2.24) is 4.90 Å². The van der Waals surface area contributed by atoms with Crippen LogP contribution in [0.2, 0.25) is 0 Å². The maximum absolute atomic E-state index is 12.6. The van der Waals surface area contributed by atoms with Gasteiger partial charge in [0.25, 0.3) is 5.91 Å². The first-order valence-electron chi connectivity index (χ1n) is 7.35. The average Bonchev–Trinajstić information content (AvgIpc) is 2.85. The van der Waals surface area contributed by atoms with Crippen molar-refractivity contribution in [1.29, 1.82) is 0 Å². The van der Waals surface area contributed by atoms with Crippen molar-refractivity contribution in [3.8, 4) is 5.75 Å². The Labute approximate surface area is 158 Å². The first-order chi connectivity index (χ1) is 12.3. The van der Waals surface area contributed by atoms with Gasteiger partial charge in [-0.2, -0.15) is 0 Å². The van der Waals surface area contributed by atoms with Gasteiger partial charge >= 0.3 is 0 Å². The van der Waals surface area contributed by atoms with E-state index in [4.69, 9.17) is 17.0 Å². The van der Waals surface area contributed by atoms with Crippen molar-refractivity contribution >= 4 is 52.2 Å². The van der Waals surface area contributed by atoms with Gasteiger partial charge in [-0.25, -0.2) is 0 Å². The summed E-state index contributed by atoms with van der Waals surface area (Å²) in [6, 6.07) is 5.18. The first kappa shape index (κ1) is 19.7. The van der Waals surface area contributed by atoms with Gasteiger partial charge in [-0.3, -0.25) is 9.69 Å². The molecule has 9 heteroatoms. The molecule has 1 aromatic carbocycles. The molecule has 1 fully saturated rings. The Hall–Kier alpha value is -2.65. The standard InChI is InChI=1S/C17H15NO6S2/c1-2-7-24-12-6-4-3-5-10(12)8-13-15(21)18(17(25)26-13)11(16(22)23)9-14(19)20/h2-6,8,11H,1,7,9H2,(H,19,20)(H,22,23)/p-2/b13-8-/t11-/m1/s1. The van der Waals surface area contributed by atoms with E-state index in [1.165, 1.54) is 6.08 Å². The third-order valence-corrected chi connectivity index (χ3v) is 4.66. The second-order valence-corrected chi connectivity index (χ2v) is 6.78. The molecule has 1 aromatic rings. The molecule has 0 bridgehead atoms. The number of rotatable bonds is 8. The maximum atomic E-state index is 12.6. The molecular weight excluding hydrogens is 378 g/mol. The molecule has 7 nitrogen and oxygen atoms in total. The fraction of sp³-hybridized carbons (Fsp3) is 0.176. The van der Waals surface area contributed by atoms with Crippen molar-refractivity contribution in [3.05, 3.63) is 47.4 Å². The van der Waals surface area contributed by atoms with Crippen LogP contribution in [-0.4, -0.2) is 39.7 Å². The number of thiocarbonyl (C=S) groups is 1. The van der Waals surface area contributed by atoms with E-state index in [1.807, 2.05) is 0 Å². The highest BCUT2D eigenvalue weighted by atomic mass is 32.2. The van der Waals surface area contributed by atoms with Crippen molar-refractivity contribution in [3.63, 3.8) is 0 Å². The van der Waals surface area contributed by atoms with Crippen molar-refractivity contribution in [2.45, 2.75) is 12.5 Å². The van der Waals surface area contributed by atoms with Gasteiger partial charge in [-0.05, 0) is 12.1 Å². The van der Waals surface area contributed by atoms with Gasteiger partial charge < -0.3 is 24.5 Å². The van der Waals surface area contributed by atoms with E-state index in [0.29, 0.717) is 11.3 Å². The Kier molecular flexibility index (Phi) is 6.53. The van der Waals surface area contributed by atoms with Gasteiger partial charge in [0, 0.05) is 18.0 Å². The van der Waals surface area contributed by atoms with E-state index >= 15 is 0 Å².